The van der Waals surface area contributed by atoms with Crippen molar-refractivity contribution < 1.29 is 4.79 Å². The molecule has 0 spiro atoms. The van der Waals surface area contributed by atoms with Crippen LogP contribution in [0.25, 0.3) is 0 Å². The molecule has 0 saturated heterocycles. The molecule has 0 aliphatic heterocycles. The lowest BCUT2D eigenvalue weighted by molar-refractivity contribution is 0.0957. The Bertz CT molecular complexity index is 392. The van der Waals surface area contributed by atoms with Gasteiger partial charge in [0.05, 0.1) is 5.02 Å². The monoisotopic (exact) mass is 241 g/mol. The number of terminal acetylenes is 1. The second-order valence-electron chi connectivity index (χ2n) is 3.13. The summed E-state index contributed by atoms with van der Waals surface area (Å²) in [6.45, 7) is 2.48. The van der Waals surface area contributed by atoms with E-state index in [0.717, 1.165) is 12.0 Å². The molecule has 15 heavy (non-hydrogen) atoms. The van der Waals surface area contributed by atoms with Crippen LogP contribution in [-0.4, -0.2) is 12.5 Å². The zero-order chi connectivity index (χ0) is 11.3. The maximum atomic E-state index is 11.6. The molecule has 0 bridgehead atoms. The Morgan fingerprint density at radius 1 is 1.73 bits per heavy atom. The van der Waals surface area contributed by atoms with E-state index >= 15 is 0 Å². The average molecular weight is 242 g/mol. The van der Waals surface area contributed by atoms with Gasteiger partial charge in [-0.25, -0.2) is 0 Å². The average Bonchev–Trinajstić information content (AvgIpc) is 2.55. The maximum absolute atomic E-state index is 11.6. The van der Waals surface area contributed by atoms with Crippen molar-refractivity contribution in [1.82, 2.24) is 5.32 Å². The van der Waals surface area contributed by atoms with Crippen LogP contribution in [0.5, 0.6) is 0 Å². The third-order valence-corrected chi connectivity index (χ3v) is 3.58. The van der Waals surface area contributed by atoms with Crippen molar-refractivity contribution >= 4 is 28.8 Å². The predicted octanol–water partition coefficient (Wildman–Crippen LogP) is 2.85. The fourth-order valence-corrected chi connectivity index (χ4v) is 2.25. The molecule has 1 aromatic rings. The third kappa shape index (κ3) is 3.26. The summed E-state index contributed by atoms with van der Waals surface area (Å²) in [6, 6.07) is 0. The van der Waals surface area contributed by atoms with Gasteiger partial charge in [-0.2, -0.15) is 0 Å². The lowest BCUT2D eigenvalue weighted by Crippen LogP contribution is -2.23. The number of carbonyl (C=O) groups excluding carboxylic acids is 1. The van der Waals surface area contributed by atoms with E-state index in [1.165, 1.54) is 11.3 Å². The normalized spacial score (nSPS) is 9.67. The number of unbranched alkanes of at least 4 members (excludes halogenated alkanes) is 1. The number of hydrogen-bond acceptors (Lipinski definition) is 2. The summed E-state index contributed by atoms with van der Waals surface area (Å²) in [5.74, 6) is 2.41. The predicted molar refractivity (Wildman–Crippen MR) is 64.5 cm³/mol. The molecular formula is C11H12ClNOS. The third-order valence-electron chi connectivity index (χ3n) is 1.89. The van der Waals surface area contributed by atoms with E-state index in [1.807, 2.05) is 12.3 Å². The first kappa shape index (κ1) is 12.1. The molecule has 0 aliphatic carbocycles. The van der Waals surface area contributed by atoms with Crippen molar-refractivity contribution in [1.29, 1.82) is 0 Å². The van der Waals surface area contributed by atoms with Gasteiger partial charge in [0.15, 0.2) is 0 Å². The smallest absolute Gasteiger partial charge is 0.262 e. The second-order valence-corrected chi connectivity index (χ2v) is 4.38. The molecule has 0 aromatic carbocycles. The molecule has 0 fully saturated rings. The van der Waals surface area contributed by atoms with Crippen molar-refractivity contribution in [3.05, 3.63) is 20.8 Å². The number of carbonyl (C=O) groups is 1. The van der Waals surface area contributed by atoms with Crippen molar-refractivity contribution in [3.63, 3.8) is 0 Å². The van der Waals surface area contributed by atoms with Gasteiger partial charge in [-0.15, -0.1) is 23.7 Å². The molecule has 2 nitrogen and oxygen atoms in total. The van der Waals surface area contributed by atoms with Gasteiger partial charge >= 0.3 is 0 Å². The number of thiophene rings is 1. The van der Waals surface area contributed by atoms with Crippen LogP contribution in [0.4, 0.5) is 0 Å². The summed E-state index contributed by atoms with van der Waals surface area (Å²) >= 11 is 7.32. The molecule has 0 atom stereocenters. The minimum atomic E-state index is -0.116. The van der Waals surface area contributed by atoms with Crippen LogP contribution in [0.2, 0.25) is 5.02 Å². The highest BCUT2D eigenvalue weighted by molar-refractivity contribution is 7.13. The molecule has 1 N–H and O–H groups in total. The highest BCUT2D eigenvalue weighted by Gasteiger charge is 2.13. The molecule has 0 saturated carbocycles. The molecule has 4 heteroatoms. The molecule has 1 heterocycles. The fourth-order valence-electron chi connectivity index (χ4n) is 1.06. The Morgan fingerprint density at radius 3 is 3.00 bits per heavy atom. The Balaban J connectivity index is 2.48. The Hall–Kier alpha value is -0.980. The first-order valence-electron chi connectivity index (χ1n) is 4.62. The van der Waals surface area contributed by atoms with Gasteiger partial charge in [0.2, 0.25) is 0 Å². The van der Waals surface area contributed by atoms with Gasteiger partial charge in [0, 0.05) is 13.0 Å². The maximum Gasteiger partial charge on any atom is 0.262 e. The lowest BCUT2D eigenvalue weighted by Gasteiger charge is -2.02. The highest BCUT2D eigenvalue weighted by Crippen LogP contribution is 2.26. The van der Waals surface area contributed by atoms with Crippen LogP contribution in [-0.2, 0) is 0 Å². The zero-order valence-electron chi connectivity index (χ0n) is 8.47. The van der Waals surface area contributed by atoms with Crippen molar-refractivity contribution in [3.8, 4) is 12.3 Å². The lowest BCUT2D eigenvalue weighted by atomic mass is 10.3. The summed E-state index contributed by atoms with van der Waals surface area (Å²) < 4.78 is 0. The molecule has 1 amide bonds. The Labute approximate surface area is 98.6 Å². The van der Waals surface area contributed by atoms with E-state index in [1.54, 1.807) is 0 Å². The SMILES string of the molecule is C#CCCCNC(=O)c1scc(C)c1Cl. The van der Waals surface area contributed by atoms with Crippen molar-refractivity contribution in [2.45, 2.75) is 19.8 Å². The topological polar surface area (TPSA) is 29.1 Å². The van der Waals surface area contributed by atoms with Gasteiger partial charge in [-0.05, 0) is 24.3 Å². The van der Waals surface area contributed by atoms with Gasteiger partial charge in [-0.1, -0.05) is 11.6 Å². The number of nitrogens with one attached hydrogen (secondary N) is 1. The molecule has 1 rings (SSSR count). The quantitative estimate of drug-likeness (QED) is 0.638. The Kier molecular flexibility index (Phi) is 4.67. The molecule has 0 radical (unpaired) electrons. The van der Waals surface area contributed by atoms with Gasteiger partial charge in [0.1, 0.15) is 4.88 Å². The van der Waals surface area contributed by atoms with Crippen molar-refractivity contribution in [2.75, 3.05) is 6.54 Å². The Morgan fingerprint density at radius 2 is 2.47 bits per heavy atom. The van der Waals surface area contributed by atoms with Crippen LogP contribution >= 0.6 is 22.9 Å². The number of rotatable bonds is 4. The molecule has 1 aromatic heterocycles. The largest absolute Gasteiger partial charge is 0.351 e. The first-order chi connectivity index (χ1) is 7.16. The van der Waals surface area contributed by atoms with Gasteiger partial charge < -0.3 is 5.32 Å². The van der Waals surface area contributed by atoms with Crippen LogP contribution in [0.1, 0.15) is 28.1 Å². The summed E-state index contributed by atoms with van der Waals surface area (Å²) in [4.78, 5) is 12.2. The van der Waals surface area contributed by atoms with E-state index in [4.69, 9.17) is 18.0 Å². The number of amides is 1. The summed E-state index contributed by atoms with van der Waals surface area (Å²) in [5.41, 5.74) is 0.940. The minimum absolute atomic E-state index is 0.116. The van der Waals surface area contributed by atoms with E-state index in [-0.39, 0.29) is 5.91 Å². The molecule has 0 unspecified atom stereocenters. The van der Waals surface area contributed by atoms with Gasteiger partial charge in [0.25, 0.3) is 5.91 Å². The zero-order valence-corrected chi connectivity index (χ0v) is 10.0. The first-order valence-corrected chi connectivity index (χ1v) is 5.88. The number of hydrogen-bond donors (Lipinski definition) is 1. The second kappa shape index (κ2) is 5.79. The fraction of sp³-hybridized carbons (Fsp3) is 0.364. The highest BCUT2D eigenvalue weighted by atomic mass is 35.5. The molecule has 80 valence electrons. The van der Waals surface area contributed by atoms with Gasteiger partial charge in [-0.3, -0.25) is 4.79 Å². The van der Waals surface area contributed by atoms with E-state index in [2.05, 4.69) is 11.2 Å². The van der Waals surface area contributed by atoms with E-state index < -0.39 is 0 Å². The summed E-state index contributed by atoms with van der Waals surface area (Å²) in [7, 11) is 0. The van der Waals surface area contributed by atoms with Crippen LogP contribution in [0.15, 0.2) is 5.38 Å². The van der Waals surface area contributed by atoms with Crippen LogP contribution in [0, 0.1) is 19.3 Å². The minimum Gasteiger partial charge on any atom is -0.351 e. The number of aryl methyl sites for hydroxylation is 1. The van der Waals surface area contributed by atoms with Crippen LogP contribution in [0.3, 0.4) is 0 Å². The summed E-state index contributed by atoms with van der Waals surface area (Å²) in [6.07, 6.45) is 6.58. The van der Waals surface area contributed by atoms with E-state index in [0.29, 0.717) is 22.9 Å². The van der Waals surface area contributed by atoms with Crippen LogP contribution < -0.4 is 5.32 Å². The number of halogens is 1. The molecular weight excluding hydrogens is 230 g/mol. The molecule has 0 aliphatic rings. The summed E-state index contributed by atoms with van der Waals surface area (Å²) in [5, 5.41) is 5.20. The standard InChI is InChI=1S/C11H12ClNOS/c1-3-4-5-6-13-11(14)10-9(12)8(2)7-15-10/h1,7H,4-6H2,2H3,(H,13,14). The van der Waals surface area contributed by atoms with E-state index in [9.17, 15) is 4.79 Å². The van der Waals surface area contributed by atoms with Crippen molar-refractivity contribution in [2.24, 2.45) is 0 Å².